The number of nitrogens with one attached hydrogen (secondary N) is 1. The van der Waals surface area contributed by atoms with E-state index < -0.39 is 0 Å². The van der Waals surface area contributed by atoms with E-state index in [2.05, 4.69) is 19.9 Å². The van der Waals surface area contributed by atoms with Crippen molar-refractivity contribution < 1.29 is 4.79 Å². The minimum atomic E-state index is -0.00335. The van der Waals surface area contributed by atoms with Crippen LogP contribution in [0.2, 0.25) is 0 Å². The van der Waals surface area contributed by atoms with Crippen LogP contribution < -0.4 is 0 Å². The SMILES string of the molecule is CC(=O)c1ccncc1-c1cnc(-c2ccccn2)[nH]1. The van der Waals surface area contributed by atoms with Gasteiger partial charge < -0.3 is 4.98 Å². The van der Waals surface area contributed by atoms with E-state index in [0.717, 1.165) is 17.0 Å². The van der Waals surface area contributed by atoms with Crippen LogP contribution in [0.4, 0.5) is 0 Å². The van der Waals surface area contributed by atoms with Gasteiger partial charge in [0, 0.05) is 29.7 Å². The molecule has 20 heavy (non-hydrogen) atoms. The molecule has 0 bridgehead atoms. The highest BCUT2D eigenvalue weighted by atomic mass is 16.1. The van der Waals surface area contributed by atoms with Crippen molar-refractivity contribution in [3.05, 3.63) is 54.6 Å². The van der Waals surface area contributed by atoms with E-state index in [1.807, 2.05) is 18.2 Å². The number of pyridine rings is 2. The third-order valence-corrected chi connectivity index (χ3v) is 2.97. The number of hydrogen-bond donors (Lipinski definition) is 1. The van der Waals surface area contributed by atoms with Crippen molar-refractivity contribution in [3.63, 3.8) is 0 Å². The molecular weight excluding hydrogens is 252 g/mol. The molecule has 5 nitrogen and oxygen atoms in total. The van der Waals surface area contributed by atoms with Crippen molar-refractivity contribution in [2.45, 2.75) is 6.92 Å². The third-order valence-electron chi connectivity index (χ3n) is 2.97. The normalized spacial score (nSPS) is 10.4. The van der Waals surface area contributed by atoms with Crippen molar-refractivity contribution in [3.8, 4) is 22.8 Å². The largest absolute Gasteiger partial charge is 0.337 e. The summed E-state index contributed by atoms with van der Waals surface area (Å²) < 4.78 is 0. The van der Waals surface area contributed by atoms with Crippen LogP contribution in [-0.2, 0) is 0 Å². The lowest BCUT2D eigenvalue weighted by Gasteiger charge is -2.03. The molecule has 5 heteroatoms. The van der Waals surface area contributed by atoms with Crippen molar-refractivity contribution in [1.29, 1.82) is 0 Å². The van der Waals surface area contributed by atoms with Crippen molar-refractivity contribution in [1.82, 2.24) is 19.9 Å². The summed E-state index contributed by atoms with van der Waals surface area (Å²) in [4.78, 5) is 27.4. The lowest BCUT2D eigenvalue weighted by atomic mass is 10.1. The highest BCUT2D eigenvalue weighted by Gasteiger charge is 2.12. The summed E-state index contributed by atoms with van der Waals surface area (Å²) in [5.41, 5.74) is 2.88. The van der Waals surface area contributed by atoms with Crippen molar-refractivity contribution >= 4 is 5.78 Å². The highest BCUT2D eigenvalue weighted by Crippen LogP contribution is 2.23. The average molecular weight is 264 g/mol. The van der Waals surface area contributed by atoms with E-state index >= 15 is 0 Å². The Morgan fingerprint density at radius 3 is 2.75 bits per heavy atom. The first-order valence-electron chi connectivity index (χ1n) is 6.17. The Balaban J connectivity index is 2.05. The molecule has 0 aliphatic heterocycles. The highest BCUT2D eigenvalue weighted by molar-refractivity contribution is 6.00. The van der Waals surface area contributed by atoms with Crippen molar-refractivity contribution in [2.24, 2.45) is 0 Å². The number of H-pyrrole nitrogens is 1. The fraction of sp³-hybridized carbons (Fsp3) is 0.0667. The number of ketones is 1. The van der Waals surface area contributed by atoms with Gasteiger partial charge in [0.05, 0.1) is 11.9 Å². The molecule has 0 radical (unpaired) electrons. The maximum absolute atomic E-state index is 11.6. The zero-order valence-electron chi connectivity index (χ0n) is 10.9. The number of rotatable bonds is 3. The number of carbonyl (C=O) groups excluding carboxylic acids is 1. The number of carbonyl (C=O) groups is 1. The van der Waals surface area contributed by atoms with Crippen molar-refractivity contribution in [2.75, 3.05) is 0 Å². The fourth-order valence-electron chi connectivity index (χ4n) is 2.01. The molecule has 3 heterocycles. The summed E-state index contributed by atoms with van der Waals surface area (Å²) in [5, 5.41) is 0. The maximum atomic E-state index is 11.6. The molecule has 0 spiro atoms. The Morgan fingerprint density at radius 1 is 1.10 bits per heavy atom. The molecule has 0 amide bonds. The van der Waals surface area contributed by atoms with Gasteiger partial charge in [-0.2, -0.15) is 0 Å². The molecular formula is C15H12N4O. The van der Waals surface area contributed by atoms with E-state index in [4.69, 9.17) is 0 Å². The molecule has 0 atom stereocenters. The van der Waals surface area contributed by atoms with Gasteiger partial charge in [-0.25, -0.2) is 4.98 Å². The quantitative estimate of drug-likeness (QED) is 0.738. The van der Waals surface area contributed by atoms with Gasteiger partial charge >= 0.3 is 0 Å². The molecule has 3 aromatic heterocycles. The second-order valence-electron chi connectivity index (χ2n) is 4.34. The summed E-state index contributed by atoms with van der Waals surface area (Å²) in [6.45, 7) is 1.54. The molecule has 0 aromatic carbocycles. The summed E-state index contributed by atoms with van der Waals surface area (Å²) in [7, 11) is 0. The standard InChI is InChI=1S/C15H12N4O/c1-10(20)11-5-7-16-8-12(11)14-9-18-15(19-14)13-4-2-3-6-17-13/h2-9H,1H3,(H,18,19). The Labute approximate surface area is 115 Å². The summed E-state index contributed by atoms with van der Waals surface area (Å²) in [6, 6.07) is 7.33. The predicted molar refractivity (Wildman–Crippen MR) is 75.1 cm³/mol. The zero-order valence-corrected chi connectivity index (χ0v) is 10.9. The molecule has 0 fully saturated rings. The van der Waals surface area contributed by atoms with Gasteiger partial charge in [0.2, 0.25) is 0 Å². The average Bonchev–Trinajstić information content (AvgIpc) is 2.98. The molecule has 0 saturated carbocycles. The number of Topliss-reactive ketones (excluding diaryl/α,β-unsaturated/α-hetero) is 1. The van der Waals surface area contributed by atoms with Gasteiger partial charge in [-0.05, 0) is 25.1 Å². The maximum Gasteiger partial charge on any atom is 0.160 e. The van der Waals surface area contributed by atoms with E-state index in [0.29, 0.717) is 11.4 Å². The Morgan fingerprint density at radius 2 is 2.00 bits per heavy atom. The van der Waals surface area contributed by atoms with E-state index in [-0.39, 0.29) is 5.78 Å². The van der Waals surface area contributed by atoms with Gasteiger partial charge in [-0.1, -0.05) is 6.07 Å². The van der Waals surface area contributed by atoms with Gasteiger partial charge in [0.25, 0.3) is 0 Å². The monoisotopic (exact) mass is 264 g/mol. The van der Waals surface area contributed by atoms with Gasteiger partial charge in [0.1, 0.15) is 5.69 Å². The van der Waals surface area contributed by atoms with E-state index in [1.165, 1.54) is 6.92 Å². The van der Waals surface area contributed by atoms with Crippen LogP contribution >= 0.6 is 0 Å². The first-order valence-corrected chi connectivity index (χ1v) is 6.17. The topological polar surface area (TPSA) is 71.5 Å². The van der Waals surface area contributed by atoms with Crippen LogP contribution in [0, 0.1) is 0 Å². The lowest BCUT2D eigenvalue weighted by molar-refractivity contribution is 0.101. The minimum absolute atomic E-state index is 0.00335. The first-order chi connectivity index (χ1) is 9.75. The molecule has 3 rings (SSSR count). The number of hydrogen-bond acceptors (Lipinski definition) is 4. The Kier molecular flexibility index (Phi) is 3.09. The smallest absolute Gasteiger partial charge is 0.160 e. The minimum Gasteiger partial charge on any atom is -0.337 e. The van der Waals surface area contributed by atoms with Crippen LogP contribution in [0.3, 0.4) is 0 Å². The number of aromatic nitrogens is 4. The molecule has 98 valence electrons. The second kappa shape index (κ2) is 5.05. The summed E-state index contributed by atoms with van der Waals surface area (Å²) in [6.07, 6.45) is 6.67. The number of imidazole rings is 1. The van der Waals surface area contributed by atoms with Crippen LogP contribution in [0.15, 0.2) is 49.1 Å². The number of aromatic amines is 1. The molecule has 0 aliphatic carbocycles. The molecule has 0 unspecified atom stereocenters. The fourth-order valence-corrected chi connectivity index (χ4v) is 2.01. The third kappa shape index (κ3) is 2.21. The summed E-state index contributed by atoms with van der Waals surface area (Å²) in [5.74, 6) is 0.662. The number of nitrogens with zero attached hydrogens (tertiary/aromatic N) is 3. The lowest BCUT2D eigenvalue weighted by Crippen LogP contribution is -1.96. The zero-order chi connectivity index (χ0) is 13.9. The van der Waals surface area contributed by atoms with E-state index in [9.17, 15) is 4.79 Å². The van der Waals surface area contributed by atoms with E-state index in [1.54, 1.807) is 30.9 Å². The van der Waals surface area contributed by atoms with Crippen LogP contribution in [-0.4, -0.2) is 25.7 Å². The van der Waals surface area contributed by atoms with Crippen LogP contribution in [0.25, 0.3) is 22.8 Å². The van der Waals surface area contributed by atoms with Gasteiger partial charge in [-0.3, -0.25) is 14.8 Å². The Hall–Kier alpha value is -2.82. The van der Waals surface area contributed by atoms with Gasteiger partial charge in [0.15, 0.2) is 11.6 Å². The summed E-state index contributed by atoms with van der Waals surface area (Å²) >= 11 is 0. The molecule has 0 aliphatic rings. The Bertz CT molecular complexity index is 749. The van der Waals surface area contributed by atoms with Crippen LogP contribution in [0.1, 0.15) is 17.3 Å². The molecule has 3 aromatic rings. The molecule has 0 saturated heterocycles. The first kappa shape index (κ1) is 12.2. The second-order valence-corrected chi connectivity index (χ2v) is 4.34. The van der Waals surface area contributed by atoms with Gasteiger partial charge in [-0.15, -0.1) is 0 Å². The molecule has 1 N–H and O–H groups in total. The predicted octanol–water partition coefficient (Wildman–Crippen LogP) is 2.74. The van der Waals surface area contributed by atoms with Crippen LogP contribution in [0.5, 0.6) is 0 Å².